The van der Waals surface area contributed by atoms with Crippen LogP contribution in [-0.4, -0.2) is 47.1 Å². The quantitative estimate of drug-likeness (QED) is 0.492. The third-order valence-corrected chi connectivity index (χ3v) is 2.70. The highest BCUT2D eigenvalue weighted by Gasteiger charge is 2.00. The normalized spacial score (nSPS) is 9.07. The first-order valence-electron chi connectivity index (χ1n) is 7.22. The predicted octanol–water partition coefficient (Wildman–Crippen LogP) is 0.326. The molecule has 140 valence electrons. The molecule has 0 bridgehead atoms. The molecule has 3 heterocycles. The number of pyridine rings is 1. The van der Waals surface area contributed by atoms with Gasteiger partial charge >= 0.3 is 17.6 Å². The van der Waals surface area contributed by atoms with Crippen molar-refractivity contribution in [1.82, 2.24) is 24.9 Å². The van der Waals surface area contributed by atoms with Gasteiger partial charge in [-0.3, -0.25) is 19.7 Å². The van der Waals surface area contributed by atoms with E-state index in [-0.39, 0.29) is 16.8 Å². The van der Waals surface area contributed by atoms with Crippen LogP contribution in [0.15, 0.2) is 58.9 Å². The molecule has 0 radical (unpaired) electrons. The molecule has 0 fully saturated rings. The summed E-state index contributed by atoms with van der Waals surface area (Å²) in [6, 6.07) is 3.08. The molecule has 3 aromatic heterocycles. The molecule has 0 aromatic carbocycles. The fourth-order valence-electron chi connectivity index (χ4n) is 1.38. The van der Waals surface area contributed by atoms with E-state index in [1.807, 2.05) is 0 Å². The van der Waals surface area contributed by atoms with E-state index < -0.39 is 17.6 Å². The Morgan fingerprint density at radius 3 is 2.07 bits per heavy atom. The molecule has 11 heteroatoms. The lowest BCUT2D eigenvalue weighted by Gasteiger charge is -1.87. The lowest BCUT2D eigenvalue weighted by Crippen LogP contribution is -2.22. The van der Waals surface area contributed by atoms with Crippen molar-refractivity contribution in [2.45, 2.75) is 6.92 Å². The minimum absolute atomic E-state index is 0.0301. The molecule has 0 atom stereocenters. The van der Waals surface area contributed by atoms with Crippen molar-refractivity contribution in [3.63, 3.8) is 0 Å². The molecule has 3 aromatic rings. The van der Waals surface area contributed by atoms with Gasteiger partial charge in [0.15, 0.2) is 5.69 Å². The molecule has 0 aliphatic carbocycles. The number of carboxylic acids is 2. The van der Waals surface area contributed by atoms with Crippen molar-refractivity contribution < 1.29 is 19.8 Å². The Kier molecular flexibility index (Phi) is 8.25. The molecule has 0 aliphatic rings. The lowest BCUT2D eigenvalue weighted by atomic mass is 10.3. The lowest BCUT2D eigenvalue weighted by molar-refractivity contribution is 0.0682. The van der Waals surface area contributed by atoms with Crippen LogP contribution in [0, 0.1) is 6.92 Å². The first-order chi connectivity index (χ1) is 12.8. The molecular weight excluding hydrogens is 358 g/mol. The average molecular weight is 373 g/mol. The van der Waals surface area contributed by atoms with E-state index in [9.17, 15) is 19.2 Å². The van der Waals surface area contributed by atoms with E-state index in [1.165, 1.54) is 43.2 Å². The number of hydrogen-bond donors (Lipinski definition) is 4. The number of aromatic amines is 2. The minimum Gasteiger partial charge on any atom is -0.478 e. The van der Waals surface area contributed by atoms with Crippen LogP contribution in [0.4, 0.5) is 0 Å². The van der Waals surface area contributed by atoms with Crippen LogP contribution in [0.2, 0.25) is 0 Å². The number of rotatable bonds is 2. The molecule has 3 rings (SSSR count). The van der Waals surface area contributed by atoms with Gasteiger partial charge in [-0.15, -0.1) is 0 Å². The maximum Gasteiger partial charge on any atom is 0.356 e. The Bertz CT molecular complexity index is 936. The van der Waals surface area contributed by atoms with Crippen LogP contribution in [-0.2, 0) is 0 Å². The summed E-state index contributed by atoms with van der Waals surface area (Å²) in [6.45, 7) is 1.62. The SMILES string of the molecule is Cc1c[nH]c(=O)[nH]c1=O.O=C(O)c1cccnc1.O=C(O)c1cnccn1. The smallest absolute Gasteiger partial charge is 0.356 e. The van der Waals surface area contributed by atoms with Gasteiger partial charge in [0.1, 0.15) is 0 Å². The van der Waals surface area contributed by atoms with Crippen molar-refractivity contribution in [1.29, 1.82) is 0 Å². The summed E-state index contributed by atoms with van der Waals surface area (Å²) >= 11 is 0. The molecule has 0 aliphatic heterocycles. The fraction of sp³-hybridized carbons (Fsp3) is 0.0625. The number of carbonyl (C=O) groups is 2. The molecule has 0 spiro atoms. The van der Waals surface area contributed by atoms with Crippen LogP contribution < -0.4 is 11.2 Å². The van der Waals surface area contributed by atoms with Crippen LogP contribution in [0.5, 0.6) is 0 Å². The molecule has 27 heavy (non-hydrogen) atoms. The highest BCUT2D eigenvalue weighted by atomic mass is 16.4. The summed E-state index contributed by atoms with van der Waals surface area (Å²) in [5.74, 6) is -1.99. The van der Waals surface area contributed by atoms with E-state index in [1.54, 1.807) is 13.0 Å². The minimum atomic E-state index is -1.05. The van der Waals surface area contributed by atoms with Gasteiger partial charge in [0.25, 0.3) is 5.56 Å². The number of aromatic nitrogens is 5. The highest BCUT2D eigenvalue weighted by Crippen LogP contribution is 1.93. The first kappa shape index (κ1) is 20.9. The fourth-order valence-corrected chi connectivity index (χ4v) is 1.38. The Labute approximate surface area is 151 Å². The molecule has 0 saturated carbocycles. The first-order valence-corrected chi connectivity index (χ1v) is 7.22. The topological polar surface area (TPSA) is 179 Å². The third-order valence-electron chi connectivity index (χ3n) is 2.70. The molecule has 0 saturated heterocycles. The summed E-state index contributed by atoms with van der Waals surface area (Å²) in [6.07, 6.45) is 8.17. The number of nitrogens with one attached hydrogen (secondary N) is 2. The van der Waals surface area contributed by atoms with E-state index >= 15 is 0 Å². The second-order valence-electron chi connectivity index (χ2n) is 4.70. The summed E-state index contributed by atoms with van der Waals surface area (Å²) < 4.78 is 0. The Hall–Kier alpha value is -4.15. The monoisotopic (exact) mass is 373 g/mol. The Balaban J connectivity index is 0.000000202. The van der Waals surface area contributed by atoms with Gasteiger partial charge in [-0.2, -0.15) is 0 Å². The summed E-state index contributed by atoms with van der Waals surface area (Å²) in [7, 11) is 0. The van der Waals surface area contributed by atoms with E-state index in [4.69, 9.17) is 10.2 Å². The van der Waals surface area contributed by atoms with Gasteiger partial charge < -0.3 is 15.2 Å². The van der Waals surface area contributed by atoms with Crippen LogP contribution in [0.1, 0.15) is 26.4 Å². The van der Waals surface area contributed by atoms with Crippen molar-refractivity contribution >= 4 is 11.9 Å². The number of hydrogen-bond acceptors (Lipinski definition) is 7. The van der Waals surface area contributed by atoms with Crippen LogP contribution >= 0.6 is 0 Å². The average Bonchev–Trinajstić information content (AvgIpc) is 2.67. The van der Waals surface area contributed by atoms with Crippen molar-refractivity contribution in [2.75, 3.05) is 0 Å². The molecule has 0 unspecified atom stereocenters. The summed E-state index contributed by atoms with van der Waals surface area (Å²) in [5.41, 5.74) is -0.103. The third kappa shape index (κ3) is 7.98. The van der Waals surface area contributed by atoms with Gasteiger partial charge in [-0.05, 0) is 19.1 Å². The predicted molar refractivity (Wildman–Crippen MR) is 92.6 cm³/mol. The molecule has 4 N–H and O–H groups in total. The largest absolute Gasteiger partial charge is 0.478 e. The van der Waals surface area contributed by atoms with Gasteiger partial charge in [0.05, 0.1) is 11.8 Å². The van der Waals surface area contributed by atoms with Gasteiger partial charge in [0.2, 0.25) is 0 Å². The molecule has 11 nitrogen and oxygen atoms in total. The molecule has 0 amide bonds. The van der Waals surface area contributed by atoms with Crippen molar-refractivity contribution in [2.24, 2.45) is 0 Å². The summed E-state index contributed by atoms with van der Waals surface area (Å²) in [4.78, 5) is 56.3. The zero-order valence-corrected chi connectivity index (χ0v) is 14.0. The van der Waals surface area contributed by atoms with Gasteiger partial charge in [0, 0.05) is 36.5 Å². The number of aryl methyl sites for hydroxylation is 1. The van der Waals surface area contributed by atoms with Crippen LogP contribution in [0.25, 0.3) is 0 Å². The number of H-pyrrole nitrogens is 2. The van der Waals surface area contributed by atoms with E-state index in [0.29, 0.717) is 5.56 Å². The van der Waals surface area contributed by atoms with Crippen LogP contribution in [0.3, 0.4) is 0 Å². The number of nitrogens with zero attached hydrogens (tertiary/aromatic N) is 3. The maximum atomic E-state index is 10.6. The zero-order chi connectivity index (χ0) is 20.2. The molecular formula is C16H15N5O6. The van der Waals surface area contributed by atoms with Gasteiger partial charge in [-0.25, -0.2) is 19.4 Å². The number of aromatic carboxylic acids is 2. The van der Waals surface area contributed by atoms with Crippen molar-refractivity contribution in [3.8, 4) is 0 Å². The Morgan fingerprint density at radius 2 is 1.70 bits per heavy atom. The number of carboxylic acid groups (broad SMARTS) is 2. The maximum absolute atomic E-state index is 10.6. The van der Waals surface area contributed by atoms with Crippen molar-refractivity contribution in [3.05, 3.63) is 87.0 Å². The highest BCUT2D eigenvalue weighted by molar-refractivity contribution is 5.87. The second kappa shape index (κ2) is 10.7. The van der Waals surface area contributed by atoms with Gasteiger partial charge in [-0.1, -0.05) is 0 Å². The second-order valence-corrected chi connectivity index (χ2v) is 4.70. The standard InChI is InChI=1S/C6H5NO2.C5H6N2O2.C5H4N2O2/c8-6(9)5-2-1-3-7-4-5;1-3-2-6-5(9)7-4(3)8;8-5(9)4-3-6-1-2-7-4/h1-4H,(H,8,9);2H,1H3,(H2,6,7,8,9);1-3H,(H,8,9). The van der Waals surface area contributed by atoms with E-state index in [2.05, 4.69) is 24.9 Å². The zero-order valence-electron chi connectivity index (χ0n) is 14.0. The Morgan fingerprint density at radius 1 is 1.00 bits per heavy atom. The summed E-state index contributed by atoms with van der Waals surface area (Å²) in [5, 5.41) is 16.6. The van der Waals surface area contributed by atoms with E-state index in [0.717, 1.165) is 0 Å².